The van der Waals surface area contributed by atoms with E-state index in [4.69, 9.17) is 0 Å². The maximum Gasteiger partial charge on any atom is 0.163 e. The molecule has 144 valence electrons. The van der Waals surface area contributed by atoms with Crippen LogP contribution in [0.4, 0.5) is 0 Å². The van der Waals surface area contributed by atoms with Gasteiger partial charge in [-0.3, -0.25) is 4.79 Å². The highest BCUT2D eigenvalue weighted by Crippen LogP contribution is 2.60. The number of allylic oxidation sites excluding steroid dienone is 1. The lowest BCUT2D eigenvalue weighted by Crippen LogP contribution is -2.50. The van der Waals surface area contributed by atoms with E-state index in [1.807, 2.05) is 6.08 Å². The van der Waals surface area contributed by atoms with E-state index in [0.717, 1.165) is 53.6 Å². The normalized spacial score (nSPS) is 37.2. The number of carbonyl (C=O) groups excluding carboxylic acids is 1. The van der Waals surface area contributed by atoms with Gasteiger partial charge in [0.2, 0.25) is 0 Å². The fourth-order valence-corrected chi connectivity index (χ4v) is 7.24. The van der Waals surface area contributed by atoms with E-state index < -0.39 is 0 Å². The molecule has 1 heterocycles. The first-order valence-electron chi connectivity index (χ1n) is 10.6. The molecule has 3 heteroatoms. The lowest BCUT2D eigenvalue weighted by Gasteiger charge is -2.55. The molecule has 1 aromatic rings. The molecule has 4 saturated carbocycles. The molecule has 0 aromatic heterocycles. The monoisotopic (exact) mass is 427 g/mol. The highest BCUT2D eigenvalue weighted by atomic mass is 79.9. The van der Waals surface area contributed by atoms with E-state index in [9.17, 15) is 4.79 Å². The summed E-state index contributed by atoms with van der Waals surface area (Å²) in [6, 6.07) is 4.48. The maximum absolute atomic E-state index is 13.6. The smallest absolute Gasteiger partial charge is 0.163 e. The molecule has 1 aromatic carbocycles. The molecule has 4 aliphatic carbocycles. The molecule has 1 aliphatic heterocycles. The molecule has 0 spiro atoms. The largest absolute Gasteiger partial charge is 0.379 e. The number of fused-ring (bicyclic) bond motifs is 1. The summed E-state index contributed by atoms with van der Waals surface area (Å²) in [6.45, 7) is 6.61. The van der Waals surface area contributed by atoms with Crippen molar-refractivity contribution in [2.24, 2.45) is 23.2 Å². The number of ketones is 1. The van der Waals surface area contributed by atoms with E-state index in [2.05, 4.69) is 54.2 Å². The molecule has 0 radical (unpaired) electrons. The van der Waals surface area contributed by atoms with Gasteiger partial charge in [-0.05, 0) is 101 Å². The van der Waals surface area contributed by atoms with Crippen LogP contribution in [0.3, 0.4) is 0 Å². The first kappa shape index (κ1) is 18.0. The third-order valence-corrected chi connectivity index (χ3v) is 8.47. The van der Waals surface area contributed by atoms with Crippen molar-refractivity contribution in [3.05, 3.63) is 39.4 Å². The summed E-state index contributed by atoms with van der Waals surface area (Å²) in [5.74, 6) is 2.81. The Balaban J connectivity index is 1.53. The quantitative estimate of drug-likeness (QED) is 0.603. The van der Waals surface area contributed by atoms with Crippen molar-refractivity contribution in [1.82, 2.24) is 5.32 Å². The van der Waals surface area contributed by atoms with Crippen molar-refractivity contribution < 1.29 is 4.79 Å². The molecular weight excluding hydrogens is 398 g/mol. The highest BCUT2D eigenvalue weighted by molar-refractivity contribution is 9.10. The van der Waals surface area contributed by atoms with Gasteiger partial charge in [0.15, 0.2) is 5.78 Å². The number of carbonyl (C=O) groups is 1. The number of benzene rings is 1. The Bertz CT molecular complexity index is 815. The predicted octanol–water partition coefficient (Wildman–Crippen LogP) is 5.81. The van der Waals surface area contributed by atoms with E-state index in [1.165, 1.54) is 36.0 Å². The fraction of sp³-hybridized carbons (Fsp3) is 0.625. The van der Waals surface area contributed by atoms with Crippen molar-refractivity contribution >= 4 is 27.4 Å². The molecule has 1 N–H and O–H groups in total. The van der Waals surface area contributed by atoms with Crippen molar-refractivity contribution in [2.45, 2.75) is 71.3 Å². The van der Waals surface area contributed by atoms with Crippen LogP contribution in [0.5, 0.6) is 0 Å². The van der Waals surface area contributed by atoms with Gasteiger partial charge >= 0.3 is 0 Å². The zero-order chi connectivity index (χ0) is 19.0. The molecule has 0 unspecified atom stereocenters. The molecule has 0 atom stereocenters. The Morgan fingerprint density at radius 2 is 1.70 bits per heavy atom. The standard InChI is InChI=1S/C24H30BrNO/c1-14-4-18-13-23(2,3)26-21(19(18)8-20(14)25)9-22(27)24-10-15-5-16(11-24)7-17(6-15)12-24/h4,8-9,15-17,26H,5-7,10-13H2,1-3H3/b21-9-. The van der Waals surface area contributed by atoms with Gasteiger partial charge in [-0.15, -0.1) is 0 Å². The van der Waals surface area contributed by atoms with Crippen LogP contribution in [0.2, 0.25) is 0 Å². The number of hydrogen-bond acceptors (Lipinski definition) is 2. The van der Waals surface area contributed by atoms with Crippen LogP contribution in [0.15, 0.2) is 22.7 Å². The molecular formula is C24H30BrNO. The third-order valence-electron chi connectivity index (χ3n) is 7.62. The topological polar surface area (TPSA) is 29.1 Å². The summed E-state index contributed by atoms with van der Waals surface area (Å²) in [5, 5.41) is 3.68. The van der Waals surface area contributed by atoms with Crippen LogP contribution in [0.1, 0.15) is 69.1 Å². The second-order valence-corrected chi connectivity index (χ2v) is 11.4. The third kappa shape index (κ3) is 3.01. The first-order chi connectivity index (χ1) is 12.7. The van der Waals surface area contributed by atoms with Crippen LogP contribution in [0, 0.1) is 30.1 Å². The van der Waals surface area contributed by atoms with E-state index in [-0.39, 0.29) is 11.0 Å². The summed E-state index contributed by atoms with van der Waals surface area (Å²) < 4.78 is 1.12. The van der Waals surface area contributed by atoms with E-state index >= 15 is 0 Å². The van der Waals surface area contributed by atoms with Crippen molar-refractivity contribution in [3.63, 3.8) is 0 Å². The molecule has 2 nitrogen and oxygen atoms in total. The average molecular weight is 428 g/mol. The number of rotatable bonds is 2. The molecule has 0 saturated heterocycles. The van der Waals surface area contributed by atoms with Gasteiger partial charge in [0.05, 0.1) is 0 Å². The Labute approximate surface area is 171 Å². The van der Waals surface area contributed by atoms with Crippen molar-refractivity contribution in [3.8, 4) is 0 Å². The molecule has 4 fully saturated rings. The second-order valence-electron chi connectivity index (χ2n) is 10.6. The molecule has 4 bridgehead atoms. The molecule has 6 rings (SSSR count). The fourth-order valence-electron chi connectivity index (χ4n) is 6.90. The van der Waals surface area contributed by atoms with Crippen molar-refractivity contribution in [2.75, 3.05) is 0 Å². The number of halogens is 1. The van der Waals surface area contributed by atoms with Crippen LogP contribution < -0.4 is 5.32 Å². The van der Waals surface area contributed by atoms with Gasteiger partial charge in [0.1, 0.15) is 0 Å². The van der Waals surface area contributed by atoms with Gasteiger partial charge in [-0.25, -0.2) is 0 Å². The summed E-state index contributed by atoms with van der Waals surface area (Å²) in [4.78, 5) is 13.6. The van der Waals surface area contributed by atoms with Gasteiger partial charge in [-0.1, -0.05) is 22.0 Å². The minimum Gasteiger partial charge on any atom is -0.379 e. The predicted molar refractivity (Wildman–Crippen MR) is 113 cm³/mol. The zero-order valence-electron chi connectivity index (χ0n) is 16.7. The molecule has 27 heavy (non-hydrogen) atoms. The number of hydrogen-bond donors (Lipinski definition) is 1. The zero-order valence-corrected chi connectivity index (χ0v) is 18.3. The number of aryl methyl sites for hydroxylation is 1. The van der Waals surface area contributed by atoms with E-state index in [0.29, 0.717) is 5.78 Å². The van der Waals surface area contributed by atoms with Crippen LogP contribution in [-0.4, -0.2) is 11.3 Å². The summed E-state index contributed by atoms with van der Waals surface area (Å²) in [5.41, 5.74) is 4.75. The number of nitrogens with one attached hydrogen (secondary N) is 1. The second kappa shape index (κ2) is 5.95. The minimum absolute atomic E-state index is 0.0269. The molecule has 0 amide bonds. The summed E-state index contributed by atoms with van der Waals surface area (Å²) >= 11 is 3.69. The van der Waals surface area contributed by atoms with Gasteiger partial charge < -0.3 is 5.32 Å². The summed E-state index contributed by atoms with van der Waals surface area (Å²) in [6.07, 6.45) is 10.5. The maximum atomic E-state index is 13.6. The van der Waals surface area contributed by atoms with Crippen LogP contribution >= 0.6 is 15.9 Å². The first-order valence-corrected chi connectivity index (χ1v) is 11.4. The van der Waals surface area contributed by atoms with Gasteiger partial charge in [0.25, 0.3) is 0 Å². The SMILES string of the molecule is Cc1cc2c(cc1Br)/C(=C/C(=O)C13CC4CC(CC(C4)C1)C3)NC(C)(C)C2. The Hall–Kier alpha value is -1.09. The van der Waals surface area contributed by atoms with Crippen LogP contribution in [-0.2, 0) is 11.2 Å². The Morgan fingerprint density at radius 3 is 2.30 bits per heavy atom. The van der Waals surface area contributed by atoms with Crippen LogP contribution in [0.25, 0.3) is 5.70 Å². The summed E-state index contributed by atoms with van der Waals surface area (Å²) in [7, 11) is 0. The lowest BCUT2D eigenvalue weighted by molar-refractivity contribution is -0.138. The highest BCUT2D eigenvalue weighted by Gasteiger charge is 2.54. The van der Waals surface area contributed by atoms with Gasteiger partial charge in [0, 0.05) is 32.8 Å². The minimum atomic E-state index is -0.0624. The average Bonchev–Trinajstić information content (AvgIpc) is 2.54. The van der Waals surface area contributed by atoms with E-state index in [1.54, 1.807) is 0 Å². The molecule has 5 aliphatic rings. The lowest BCUT2D eigenvalue weighted by atomic mass is 9.48. The van der Waals surface area contributed by atoms with Crippen molar-refractivity contribution in [1.29, 1.82) is 0 Å². The Kier molecular flexibility index (Phi) is 3.96. The Morgan fingerprint density at radius 1 is 1.11 bits per heavy atom. The van der Waals surface area contributed by atoms with Gasteiger partial charge in [-0.2, -0.15) is 0 Å².